The molecule has 1 aromatic carbocycles. The van der Waals surface area contributed by atoms with E-state index in [4.69, 9.17) is 16.3 Å². The maximum atomic E-state index is 5.86. The zero-order chi connectivity index (χ0) is 13.1. The first-order valence-electron chi connectivity index (χ1n) is 6.32. The molecule has 0 saturated heterocycles. The van der Waals surface area contributed by atoms with Crippen molar-refractivity contribution in [3.63, 3.8) is 0 Å². The van der Waals surface area contributed by atoms with Crippen LogP contribution in [0.3, 0.4) is 0 Å². The van der Waals surface area contributed by atoms with Gasteiger partial charge in [0.05, 0.1) is 18.1 Å². The fourth-order valence-corrected chi connectivity index (χ4v) is 2.35. The van der Waals surface area contributed by atoms with Gasteiger partial charge in [0.2, 0.25) is 0 Å². The van der Waals surface area contributed by atoms with Crippen LogP contribution in [-0.2, 0) is 6.42 Å². The second kappa shape index (κ2) is 5.61. The van der Waals surface area contributed by atoms with E-state index in [9.17, 15) is 0 Å². The quantitative estimate of drug-likeness (QED) is 0.770. The average Bonchev–Trinajstić information content (AvgIpc) is 2.75. The number of hydrogen-bond donors (Lipinski definition) is 0. The van der Waals surface area contributed by atoms with Gasteiger partial charge in [-0.2, -0.15) is 0 Å². The normalized spacial score (nSPS) is 12.9. The lowest BCUT2D eigenvalue weighted by Crippen LogP contribution is -2.09. The highest BCUT2D eigenvalue weighted by atomic mass is 35.5. The minimum Gasteiger partial charge on any atom is -0.497 e. The summed E-state index contributed by atoms with van der Waals surface area (Å²) in [7, 11) is 1.69. The molecule has 1 unspecified atom stereocenters. The highest BCUT2D eigenvalue weighted by Gasteiger charge is 2.14. The second-order valence-corrected chi connectivity index (χ2v) is 4.83. The highest BCUT2D eigenvalue weighted by molar-refractivity contribution is 6.17. The third-order valence-corrected chi connectivity index (χ3v) is 3.51. The number of aromatic nitrogens is 2. The largest absolute Gasteiger partial charge is 0.497 e. The molecule has 0 spiro atoms. The highest BCUT2D eigenvalue weighted by Crippen LogP contribution is 2.26. The van der Waals surface area contributed by atoms with Crippen molar-refractivity contribution in [3.05, 3.63) is 24.0 Å². The lowest BCUT2D eigenvalue weighted by atomic mass is 10.2. The van der Waals surface area contributed by atoms with E-state index in [0.29, 0.717) is 11.9 Å². The van der Waals surface area contributed by atoms with Crippen molar-refractivity contribution in [1.29, 1.82) is 0 Å². The van der Waals surface area contributed by atoms with Gasteiger partial charge in [-0.15, -0.1) is 11.6 Å². The van der Waals surface area contributed by atoms with Crippen molar-refractivity contribution in [3.8, 4) is 5.75 Å². The molecule has 3 nitrogen and oxygen atoms in total. The first-order chi connectivity index (χ1) is 8.71. The Kier molecular flexibility index (Phi) is 4.12. The minimum atomic E-state index is 0.417. The molecule has 18 heavy (non-hydrogen) atoms. The van der Waals surface area contributed by atoms with Gasteiger partial charge in [0, 0.05) is 24.4 Å². The average molecular weight is 267 g/mol. The van der Waals surface area contributed by atoms with E-state index >= 15 is 0 Å². The Hall–Kier alpha value is -1.22. The number of hydrogen-bond acceptors (Lipinski definition) is 2. The lowest BCUT2D eigenvalue weighted by Gasteiger charge is -2.15. The van der Waals surface area contributed by atoms with Crippen LogP contribution in [0, 0.1) is 0 Å². The molecule has 1 heterocycles. The summed E-state index contributed by atoms with van der Waals surface area (Å²) in [5, 5.41) is 0. The van der Waals surface area contributed by atoms with Crippen molar-refractivity contribution < 1.29 is 4.74 Å². The van der Waals surface area contributed by atoms with E-state index in [0.717, 1.165) is 35.4 Å². The summed E-state index contributed by atoms with van der Waals surface area (Å²) in [6.07, 6.45) is 1.86. The first kappa shape index (κ1) is 13.2. The molecule has 1 aromatic heterocycles. The molecule has 1 atom stereocenters. The predicted molar refractivity (Wildman–Crippen MR) is 75.7 cm³/mol. The number of imidazole rings is 1. The number of fused-ring (bicyclic) bond motifs is 1. The maximum absolute atomic E-state index is 5.86. The van der Waals surface area contributed by atoms with Gasteiger partial charge in [-0.1, -0.05) is 6.92 Å². The molecule has 2 aromatic rings. The van der Waals surface area contributed by atoms with Crippen LogP contribution in [0.1, 0.15) is 32.1 Å². The molecule has 4 heteroatoms. The third kappa shape index (κ3) is 2.32. The molecule has 0 aliphatic carbocycles. The molecule has 2 rings (SSSR count). The molecule has 0 bridgehead atoms. The second-order valence-electron chi connectivity index (χ2n) is 4.45. The Morgan fingerprint density at radius 3 is 2.83 bits per heavy atom. The van der Waals surface area contributed by atoms with Gasteiger partial charge in [-0.3, -0.25) is 0 Å². The molecule has 0 aliphatic heterocycles. The number of methoxy groups -OCH3 is 1. The molecule has 0 saturated carbocycles. The first-order valence-corrected chi connectivity index (χ1v) is 6.85. The van der Waals surface area contributed by atoms with Crippen LogP contribution < -0.4 is 4.74 Å². The zero-order valence-electron chi connectivity index (χ0n) is 11.1. The summed E-state index contributed by atoms with van der Waals surface area (Å²) in [5.41, 5.74) is 2.14. The number of aryl methyl sites for hydroxylation is 1. The molecule has 0 aliphatic rings. The monoisotopic (exact) mass is 266 g/mol. The van der Waals surface area contributed by atoms with Crippen LogP contribution in [0.5, 0.6) is 5.75 Å². The number of alkyl halides is 1. The van der Waals surface area contributed by atoms with Crippen LogP contribution in [0.25, 0.3) is 11.0 Å². The number of rotatable bonds is 5. The molecule has 0 amide bonds. The van der Waals surface area contributed by atoms with Gasteiger partial charge in [-0.25, -0.2) is 4.98 Å². The van der Waals surface area contributed by atoms with Crippen LogP contribution in [-0.4, -0.2) is 22.5 Å². The lowest BCUT2D eigenvalue weighted by molar-refractivity contribution is 0.415. The van der Waals surface area contributed by atoms with E-state index in [2.05, 4.69) is 23.4 Å². The van der Waals surface area contributed by atoms with Crippen molar-refractivity contribution in [2.45, 2.75) is 32.7 Å². The number of nitrogens with zero attached hydrogens (tertiary/aromatic N) is 2. The Morgan fingerprint density at radius 1 is 1.44 bits per heavy atom. The van der Waals surface area contributed by atoms with Crippen LogP contribution >= 0.6 is 11.6 Å². The molecular formula is C14H19ClN2O. The fraction of sp³-hybridized carbons (Fsp3) is 0.500. The van der Waals surface area contributed by atoms with Crippen molar-refractivity contribution >= 4 is 22.6 Å². The Balaban J connectivity index is 2.62. The summed E-state index contributed by atoms with van der Waals surface area (Å²) in [4.78, 5) is 4.67. The Labute approximate surface area is 113 Å². The van der Waals surface area contributed by atoms with E-state index < -0.39 is 0 Å². The molecule has 0 N–H and O–H groups in total. The number of ether oxygens (including phenoxy) is 1. The summed E-state index contributed by atoms with van der Waals surface area (Å²) in [5.74, 6) is 2.52. The molecule has 0 fully saturated rings. The maximum Gasteiger partial charge on any atom is 0.121 e. The summed E-state index contributed by atoms with van der Waals surface area (Å²) >= 11 is 5.86. The zero-order valence-corrected chi connectivity index (χ0v) is 11.9. The van der Waals surface area contributed by atoms with Gasteiger partial charge in [0.1, 0.15) is 11.6 Å². The smallest absolute Gasteiger partial charge is 0.121 e. The molecular weight excluding hydrogens is 248 g/mol. The Morgan fingerprint density at radius 2 is 2.22 bits per heavy atom. The number of benzene rings is 1. The van der Waals surface area contributed by atoms with E-state index in [1.165, 1.54) is 0 Å². The van der Waals surface area contributed by atoms with E-state index in [-0.39, 0.29) is 0 Å². The summed E-state index contributed by atoms with van der Waals surface area (Å²) < 4.78 is 7.57. The van der Waals surface area contributed by atoms with Gasteiger partial charge >= 0.3 is 0 Å². The topological polar surface area (TPSA) is 27.1 Å². The van der Waals surface area contributed by atoms with Crippen LogP contribution in [0.4, 0.5) is 0 Å². The SMILES string of the molecule is CCC(C)n1c(CCCl)nc2ccc(OC)cc21. The van der Waals surface area contributed by atoms with Gasteiger partial charge in [0.15, 0.2) is 0 Å². The van der Waals surface area contributed by atoms with E-state index in [1.807, 2.05) is 18.2 Å². The third-order valence-electron chi connectivity index (χ3n) is 3.32. The standard InChI is InChI=1S/C14H19ClN2O/c1-4-10(2)17-13-9-11(18-3)5-6-12(13)16-14(17)7-8-15/h5-6,9-10H,4,7-8H2,1-3H3. The van der Waals surface area contributed by atoms with Gasteiger partial charge in [-0.05, 0) is 25.5 Å². The van der Waals surface area contributed by atoms with Crippen molar-refractivity contribution in [2.24, 2.45) is 0 Å². The van der Waals surface area contributed by atoms with Crippen LogP contribution in [0.2, 0.25) is 0 Å². The van der Waals surface area contributed by atoms with Crippen molar-refractivity contribution in [1.82, 2.24) is 9.55 Å². The van der Waals surface area contributed by atoms with Gasteiger partial charge in [0.25, 0.3) is 0 Å². The molecule has 98 valence electrons. The van der Waals surface area contributed by atoms with Crippen molar-refractivity contribution in [2.75, 3.05) is 13.0 Å². The number of halogens is 1. The molecule has 0 radical (unpaired) electrons. The fourth-order valence-electron chi connectivity index (χ4n) is 2.18. The summed E-state index contributed by atoms with van der Waals surface area (Å²) in [6, 6.07) is 6.41. The predicted octanol–water partition coefficient (Wildman–Crippen LogP) is 3.80. The minimum absolute atomic E-state index is 0.417. The van der Waals surface area contributed by atoms with Crippen LogP contribution in [0.15, 0.2) is 18.2 Å². The van der Waals surface area contributed by atoms with E-state index in [1.54, 1.807) is 7.11 Å². The van der Waals surface area contributed by atoms with Gasteiger partial charge < -0.3 is 9.30 Å². The Bertz CT molecular complexity index is 536. The summed E-state index contributed by atoms with van der Waals surface area (Å²) in [6.45, 7) is 4.39.